The Morgan fingerprint density at radius 3 is 2.03 bits per heavy atom. The molecule has 0 spiro atoms. The van der Waals surface area contributed by atoms with Crippen LogP contribution < -0.4 is 20.1 Å². The van der Waals surface area contributed by atoms with E-state index >= 15 is 0 Å². The molecule has 0 bridgehead atoms. The number of guanidine groups is 1. The molecule has 164 valence electrons. The number of benzene rings is 2. The number of hydrogen-bond acceptors (Lipinski definition) is 4. The normalized spacial score (nSPS) is 15.6. The molecular weight excluding hydrogens is 493 g/mol. The Hall–Kier alpha value is -2.00. The Bertz CT molecular complexity index is 788. The second kappa shape index (κ2) is 12.0. The summed E-state index contributed by atoms with van der Waals surface area (Å²) < 4.78 is 16.2. The Kier molecular flexibility index (Phi) is 9.71. The molecule has 2 aromatic carbocycles. The van der Waals surface area contributed by atoms with Crippen LogP contribution in [0.5, 0.6) is 11.5 Å². The number of methoxy groups -OCH3 is 2. The molecule has 6 nitrogen and oxygen atoms in total. The highest BCUT2D eigenvalue weighted by Gasteiger charge is 2.34. The fourth-order valence-corrected chi connectivity index (χ4v) is 3.68. The number of halogens is 1. The number of aliphatic imine (C=N–C) groups is 1. The number of ether oxygens (including phenoxy) is 3. The van der Waals surface area contributed by atoms with Crippen molar-refractivity contribution in [2.75, 3.05) is 41.0 Å². The topological polar surface area (TPSA) is 64.1 Å². The number of rotatable bonds is 7. The monoisotopic (exact) mass is 525 g/mol. The summed E-state index contributed by atoms with van der Waals surface area (Å²) in [5.41, 5.74) is 2.49. The molecule has 1 aliphatic rings. The van der Waals surface area contributed by atoms with E-state index in [1.54, 1.807) is 21.3 Å². The van der Waals surface area contributed by atoms with Crippen LogP contribution in [0.15, 0.2) is 53.5 Å². The van der Waals surface area contributed by atoms with Crippen LogP contribution in [-0.4, -0.2) is 47.0 Å². The molecule has 0 aliphatic carbocycles. The van der Waals surface area contributed by atoms with Gasteiger partial charge in [-0.25, -0.2) is 0 Å². The van der Waals surface area contributed by atoms with Crippen molar-refractivity contribution in [2.24, 2.45) is 4.99 Å². The number of hydrogen-bond donors (Lipinski definition) is 2. The minimum Gasteiger partial charge on any atom is -0.497 e. The predicted octanol–water partition coefficient (Wildman–Crippen LogP) is 3.74. The lowest BCUT2D eigenvalue weighted by atomic mass is 9.74. The van der Waals surface area contributed by atoms with Gasteiger partial charge in [0.1, 0.15) is 11.5 Å². The molecule has 1 aliphatic heterocycles. The molecule has 0 aromatic heterocycles. The largest absolute Gasteiger partial charge is 0.497 e. The van der Waals surface area contributed by atoms with E-state index in [1.165, 1.54) is 11.1 Å². The molecular formula is C23H32IN3O3. The van der Waals surface area contributed by atoms with E-state index in [4.69, 9.17) is 14.2 Å². The van der Waals surface area contributed by atoms with E-state index in [0.29, 0.717) is 6.54 Å². The van der Waals surface area contributed by atoms with Gasteiger partial charge in [0.25, 0.3) is 0 Å². The van der Waals surface area contributed by atoms with Gasteiger partial charge in [0.05, 0.1) is 14.2 Å². The summed E-state index contributed by atoms with van der Waals surface area (Å²) >= 11 is 0. The van der Waals surface area contributed by atoms with Crippen LogP contribution in [-0.2, 0) is 16.7 Å². The van der Waals surface area contributed by atoms with Crippen molar-refractivity contribution in [2.45, 2.75) is 24.8 Å². The van der Waals surface area contributed by atoms with Crippen molar-refractivity contribution in [1.29, 1.82) is 0 Å². The van der Waals surface area contributed by atoms with Gasteiger partial charge in [-0.2, -0.15) is 0 Å². The first-order chi connectivity index (χ1) is 14.2. The fraction of sp³-hybridized carbons (Fsp3) is 0.435. The first-order valence-electron chi connectivity index (χ1n) is 9.99. The molecule has 0 radical (unpaired) electrons. The van der Waals surface area contributed by atoms with Gasteiger partial charge in [-0.05, 0) is 48.2 Å². The first kappa shape index (κ1) is 24.3. The highest BCUT2D eigenvalue weighted by Crippen LogP contribution is 2.35. The second-order valence-corrected chi connectivity index (χ2v) is 7.25. The first-order valence-corrected chi connectivity index (χ1v) is 9.99. The minimum atomic E-state index is 0. The van der Waals surface area contributed by atoms with Crippen LogP contribution in [0.2, 0.25) is 0 Å². The van der Waals surface area contributed by atoms with E-state index in [2.05, 4.69) is 39.9 Å². The molecule has 0 atom stereocenters. The molecule has 2 aromatic rings. The average Bonchev–Trinajstić information content (AvgIpc) is 2.80. The Morgan fingerprint density at radius 1 is 0.933 bits per heavy atom. The minimum absolute atomic E-state index is 0. The van der Waals surface area contributed by atoms with Crippen LogP contribution in [0.4, 0.5) is 0 Å². The van der Waals surface area contributed by atoms with E-state index in [1.807, 2.05) is 24.3 Å². The lowest BCUT2D eigenvalue weighted by molar-refractivity contribution is 0.0513. The predicted molar refractivity (Wildman–Crippen MR) is 131 cm³/mol. The third kappa shape index (κ3) is 6.25. The lowest BCUT2D eigenvalue weighted by Crippen LogP contribution is -2.47. The Balaban J connectivity index is 0.00000320. The van der Waals surface area contributed by atoms with Crippen molar-refractivity contribution in [3.8, 4) is 11.5 Å². The van der Waals surface area contributed by atoms with Crippen molar-refractivity contribution < 1.29 is 14.2 Å². The van der Waals surface area contributed by atoms with Crippen molar-refractivity contribution in [3.05, 3.63) is 59.7 Å². The molecule has 0 unspecified atom stereocenters. The maximum absolute atomic E-state index is 5.64. The fourth-order valence-electron chi connectivity index (χ4n) is 3.68. The van der Waals surface area contributed by atoms with E-state index in [-0.39, 0.29) is 29.4 Å². The molecule has 30 heavy (non-hydrogen) atoms. The highest BCUT2D eigenvalue weighted by atomic mass is 127. The van der Waals surface area contributed by atoms with E-state index in [9.17, 15) is 0 Å². The van der Waals surface area contributed by atoms with Gasteiger partial charge in [-0.15, -0.1) is 24.0 Å². The number of nitrogens with one attached hydrogen (secondary N) is 2. The zero-order chi connectivity index (χ0) is 20.5. The summed E-state index contributed by atoms with van der Waals surface area (Å²) in [4.78, 5) is 4.39. The summed E-state index contributed by atoms with van der Waals surface area (Å²) in [7, 11) is 5.17. The van der Waals surface area contributed by atoms with Crippen LogP contribution in [0, 0.1) is 0 Å². The summed E-state index contributed by atoms with van der Waals surface area (Å²) in [6.07, 6.45) is 1.95. The van der Waals surface area contributed by atoms with Crippen LogP contribution >= 0.6 is 24.0 Å². The van der Waals surface area contributed by atoms with E-state index < -0.39 is 0 Å². The summed E-state index contributed by atoms with van der Waals surface area (Å²) in [5.74, 6) is 2.53. The molecule has 3 rings (SSSR count). The van der Waals surface area contributed by atoms with Gasteiger partial charge in [-0.3, -0.25) is 4.99 Å². The Morgan fingerprint density at radius 2 is 1.50 bits per heavy atom. The molecule has 0 amide bonds. The maximum Gasteiger partial charge on any atom is 0.191 e. The van der Waals surface area contributed by atoms with Crippen molar-refractivity contribution >= 4 is 29.9 Å². The van der Waals surface area contributed by atoms with Gasteiger partial charge < -0.3 is 24.8 Å². The van der Waals surface area contributed by atoms with Crippen LogP contribution in [0.3, 0.4) is 0 Å². The van der Waals surface area contributed by atoms with Crippen molar-refractivity contribution in [3.63, 3.8) is 0 Å². The third-order valence-corrected chi connectivity index (χ3v) is 5.59. The summed E-state index contributed by atoms with van der Waals surface area (Å²) in [6.45, 7) is 3.03. The third-order valence-electron chi connectivity index (χ3n) is 5.59. The maximum atomic E-state index is 5.64. The van der Waals surface area contributed by atoms with Crippen LogP contribution in [0.25, 0.3) is 0 Å². The van der Waals surface area contributed by atoms with Crippen molar-refractivity contribution in [1.82, 2.24) is 10.6 Å². The zero-order valence-electron chi connectivity index (χ0n) is 17.9. The van der Waals surface area contributed by atoms with Gasteiger partial charge in [0.15, 0.2) is 5.96 Å². The second-order valence-electron chi connectivity index (χ2n) is 7.25. The number of nitrogens with zero attached hydrogens (tertiary/aromatic N) is 1. The smallest absolute Gasteiger partial charge is 0.191 e. The van der Waals surface area contributed by atoms with Gasteiger partial charge >= 0.3 is 0 Å². The lowest BCUT2D eigenvalue weighted by Gasteiger charge is -2.38. The Labute approximate surface area is 196 Å². The molecule has 2 N–H and O–H groups in total. The van der Waals surface area contributed by atoms with Gasteiger partial charge in [0, 0.05) is 38.8 Å². The standard InChI is InChI=1S/C23H31N3O3.HI/c1-24-22(25-16-18-4-8-20(27-2)9-5-18)26-17-23(12-14-29-15-13-23)19-6-10-21(28-3)11-7-19;/h4-11H,12-17H2,1-3H3,(H2,24,25,26);1H. The van der Waals surface area contributed by atoms with Crippen LogP contribution in [0.1, 0.15) is 24.0 Å². The summed E-state index contributed by atoms with van der Waals surface area (Å²) in [5, 5.41) is 6.92. The highest BCUT2D eigenvalue weighted by molar-refractivity contribution is 14.0. The summed E-state index contributed by atoms with van der Waals surface area (Å²) in [6, 6.07) is 16.4. The van der Waals surface area contributed by atoms with E-state index in [0.717, 1.165) is 50.1 Å². The SMILES string of the molecule is CN=C(NCc1ccc(OC)cc1)NCC1(c2ccc(OC)cc2)CCOCC1.I. The van der Waals surface area contributed by atoms with Gasteiger partial charge in [0.2, 0.25) is 0 Å². The zero-order valence-corrected chi connectivity index (χ0v) is 20.3. The molecule has 7 heteroatoms. The van der Waals surface area contributed by atoms with Gasteiger partial charge in [-0.1, -0.05) is 24.3 Å². The molecule has 0 saturated carbocycles. The molecule has 1 saturated heterocycles. The quantitative estimate of drug-likeness (QED) is 0.328. The average molecular weight is 525 g/mol. The molecule has 1 heterocycles. The molecule has 1 fully saturated rings.